The van der Waals surface area contributed by atoms with E-state index in [9.17, 15) is 39.6 Å². The lowest BCUT2D eigenvalue weighted by atomic mass is 10.0. The molecule has 0 fully saturated rings. The summed E-state index contributed by atoms with van der Waals surface area (Å²) in [6.45, 7) is -0.301. The van der Waals surface area contributed by atoms with Crippen molar-refractivity contribution in [1.82, 2.24) is 4.90 Å². The third-order valence-electron chi connectivity index (χ3n) is 4.66. The highest BCUT2D eigenvalue weighted by atomic mass is 32.2. The van der Waals surface area contributed by atoms with Crippen molar-refractivity contribution in [3.8, 4) is 5.75 Å². The van der Waals surface area contributed by atoms with Gasteiger partial charge in [0.05, 0.1) is 4.90 Å². The van der Waals surface area contributed by atoms with Crippen molar-refractivity contribution in [3.63, 3.8) is 0 Å². The molecule has 0 unspecified atom stereocenters. The van der Waals surface area contributed by atoms with Gasteiger partial charge in [-0.15, -0.1) is 13.2 Å². The van der Waals surface area contributed by atoms with Crippen LogP contribution in [0.15, 0.2) is 47.4 Å². The molecule has 2 aromatic carbocycles. The van der Waals surface area contributed by atoms with Crippen LogP contribution in [0.4, 0.5) is 32.0 Å². The van der Waals surface area contributed by atoms with Gasteiger partial charge in [0, 0.05) is 18.8 Å². The van der Waals surface area contributed by atoms with Gasteiger partial charge >= 0.3 is 18.4 Å². The maximum atomic E-state index is 12.7. The summed E-state index contributed by atoms with van der Waals surface area (Å²) in [6, 6.07) is 8.00. The van der Waals surface area contributed by atoms with Gasteiger partial charge in [-0.3, -0.25) is 9.52 Å². The second kappa shape index (κ2) is 8.52. The molecule has 1 N–H and O–H groups in total. The van der Waals surface area contributed by atoms with E-state index in [-0.39, 0.29) is 36.5 Å². The Hall–Kier alpha value is -2.96. The van der Waals surface area contributed by atoms with E-state index in [1.807, 2.05) is 0 Å². The predicted molar refractivity (Wildman–Crippen MR) is 100 cm³/mol. The quantitative estimate of drug-likeness (QED) is 0.672. The summed E-state index contributed by atoms with van der Waals surface area (Å²) < 4.78 is 106. The lowest BCUT2D eigenvalue weighted by Gasteiger charge is -2.21. The number of nitrogens with zero attached hydrogens (tertiary/aromatic N) is 1. The molecule has 1 amide bonds. The van der Waals surface area contributed by atoms with Gasteiger partial charge in [-0.2, -0.15) is 13.2 Å². The van der Waals surface area contributed by atoms with Crippen LogP contribution in [-0.2, 0) is 27.7 Å². The van der Waals surface area contributed by atoms with Gasteiger partial charge in [0.2, 0.25) is 0 Å². The van der Waals surface area contributed by atoms with E-state index >= 15 is 0 Å². The molecule has 32 heavy (non-hydrogen) atoms. The van der Waals surface area contributed by atoms with E-state index in [0.717, 1.165) is 24.3 Å². The van der Waals surface area contributed by atoms with Gasteiger partial charge in [-0.25, -0.2) is 8.42 Å². The summed E-state index contributed by atoms with van der Waals surface area (Å²) in [5.74, 6) is -2.51. The van der Waals surface area contributed by atoms with Crippen LogP contribution in [0.1, 0.15) is 11.1 Å². The van der Waals surface area contributed by atoms with Gasteiger partial charge in [0.25, 0.3) is 10.0 Å². The summed E-state index contributed by atoms with van der Waals surface area (Å²) >= 11 is 0. The fourth-order valence-corrected chi connectivity index (χ4v) is 4.26. The van der Waals surface area contributed by atoms with Crippen molar-refractivity contribution < 1.29 is 44.3 Å². The second-order valence-corrected chi connectivity index (χ2v) is 8.58. The number of ether oxygens (including phenoxy) is 1. The smallest absolute Gasteiger partial charge is 0.406 e. The maximum absolute atomic E-state index is 12.7. The van der Waals surface area contributed by atoms with Crippen LogP contribution in [0, 0.1) is 0 Å². The van der Waals surface area contributed by atoms with Crippen LogP contribution < -0.4 is 9.46 Å². The summed E-state index contributed by atoms with van der Waals surface area (Å²) in [4.78, 5) is 11.9. The van der Waals surface area contributed by atoms with E-state index in [1.165, 1.54) is 12.1 Å². The first-order valence-corrected chi connectivity index (χ1v) is 10.6. The molecule has 0 aliphatic carbocycles. The molecule has 0 spiro atoms. The molecule has 174 valence electrons. The average Bonchev–Trinajstić information content (AvgIpc) is 2.87. The highest BCUT2D eigenvalue weighted by Crippen LogP contribution is 2.27. The van der Waals surface area contributed by atoms with Crippen LogP contribution in [0.25, 0.3) is 0 Å². The zero-order valence-electron chi connectivity index (χ0n) is 16.1. The molecule has 1 heterocycles. The predicted octanol–water partition coefficient (Wildman–Crippen LogP) is 3.88. The highest BCUT2D eigenvalue weighted by Gasteiger charge is 2.42. The summed E-state index contributed by atoms with van der Waals surface area (Å²) in [6.07, 6.45) is -9.63. The van der Waals surface area contributed by atoms with Gasteiger partial charge in [0.1, 0.15) is 5.75 Å². The Bertz CT molecular complexity index is 1100. The Kier molecular flexibility index (Phi) is 6.31. The first-order valence-electron chi connectivity index (χ1n) is 9.11. The molecule has 0 atom stereocenters. The lowest BCUT2D eigenvalue weighted by molar-refractivity contribution is -0.274. The summed E-state index contributed by atoms with van der Waals surface area (Å²) in [5, 5.41) is 0. The number of anilines is 1. The number of rotatable bonds is 4. The van der Waals surface area contributed by atoms with E-state index in [0.29, 0.717) is 16.0 Å². The zero-order valence-corrected chi connectivity index (χ0v) is 16.9. The minimum absolute atomic E-state index is 0.0935. The lowest BCUT2D eigenvalue weighted by Crippen LogP contribution is -2.42. The normalized spacial score (nSPS) is 15.0. The molecular formula is C19H16F6N2O4S. The number of carbonyl (C=O) groups is 1. The maximum Gasteiger partial charge on any atom is 0.573 e. The SMILES string of the molecule is O=C(N1CCc2ccc(NS(=O)(=O)c3ccc(OC(F)(F)F)cc3)cc2CC1)C(F)(F)F. The Labute approximate surface area is 178 Å². The van der Waals surface area contributed by atoms with Crippen molar-refractivity contribution in [2.75, 3.05) is 17.8 Å². The van der Waals surface area contributed by atoms with Gasteiger partial charge in [-0.1, -0.05) is 6.07 Å². The van der Waals surface area contributed by atoms with Crippen LogP contribution in [0.2, 0.25) is 0 Å². The zero-order chi connectivity index (χ0) is 23.7. The Morgan fingerprint density at radius 2 is 1.50 bits per heavy atom. The first-order chi connectivity index (χ1) is 14.7. The van der Waals surface area contributed by atoms with Crippen molar-refractivity contribution in [2.45, 2.75) is 30.3 Å². The monoisotopic (exact) mass is 482 g/mol. The number of alkyl halides is 6. The number of benzene rings is 2. The minimum atomic E-state index is -4.97. The molecular weight excluding hydrogens is 466 g/mol. The molecule has 2 aromatic rings. The van der Waals surface area contributed by atoms with E-state index in [2.05, 4.69) is 9.46 Å². The molecule has 3 rings (SSSR count). The molecule has 6 nitrogen and oxygen atoms in total. The molecule has 1 aliphatic heterocycles. The van der Waals surface area contributed by atoms with Gasteiger partial charge in [-0.05, 0) is 60.4 Å². The summed E-state index contributed by atoms with van der Waals surface area (Å²) in [5.41, 5.74) is 1.38. The molecule has 1 aliphatic rings. The third kappa shape index (κ3) is 5.84. The number of hydrogen-bond acceptors (Lipinski definition) is 4. The van der Waals surface area contributed by atoms with Crippen LogP contribution in [-0.4, -0.2) is 44.9 Å². The van der Waals surface area contributed by atoms with Crippen molar-refractivity contribution in [2.24, 2.45) is 0 Å². The van der Waals surface area contributed by atoms with E-state index in [1.54, 1.807) is 6.07 Å². The Morgan fingerprint density at radius 1 is 0.906 bits per heavy atom. The Morgan fingerprint density at radius 3 is 2.06 bits per heavy atom. The van der Waals surface area contributed by atoms with Crippen LogP contribution in [0.3, 0.4) is 0 Å². The van der Waals surface area contributed by atoms with Crippen LogP contribution >= 0.6 is 0 Å². The average molecular weight is 482 g/mol. The van der Waals surface area contributed by atoms with Crippen molar-refractivity contribution in [3.05, 3.63) is 53.6 Å². The number of hydrogen-bond donors (Lipinski definition) is 1. The van der Waals surface area contributed by atoms with Crippen molar-refractivity contribution >= 4 is 21.6 Å². The second-order valence-electron chi connectivity index (χ2n) is 6.90. The molecule has 13 heteroatoms. The number of fused-ring (bicyclic) bond motifs is 1. The highest BCUT2D eigenvalue weighted by molar-refractivity contribution is 7.92. The van der Waals surface area contributed by atoms with Crippen molar-refractivity contribution in [1.29, 1.82) is 0 Å². The molecule has 0 bridgehead atoms. The molecule has 0 aromatic heterocycles. The number of sulfonamides is 1. The standard InChI is InChI=1S/C19H16F6N2O4S/c20-18(21,22)17(28)27-9-7-12-1-2-14(11-13(12)8-10-27)26-32(29,30)16-5-3-15(4-6-16)31-19(23,24)25/h1-6,11,26H,7-10H2. The van der Waals surface area contributed by atoms with Crippen LogP contribution in [0.5, 0.6) is 5.75 Å². The van der Waals surface area contributed by atoms with Gasteiger partial charge in [0.15, 0.2) is 0 Å². The van der Waals surface area contributed by atoms with E-state index < -0.39 is 34.2 Å². The minimum Gasteiger partial charge on any atom is -0.406 e. The topological polar surface area (TPSA) is 75.7 Å². The van der Waals surface area contributed by atoms with E-state index in [4.69, 9.17) is 0 Å². The fourth-order valence-electron chi connectivity index (χ4n) is 3.21. The Balaban J connectivity index is 1.73. The molecule has 0 radical (unpaired) electrons. The first kappa shape index (κ1) is 23.7. The van der Waals surface area contributed by atoms with Gasteiger partial charge < -0.3 is 9.64 Å². The third-order valence-corrected chi connectivity index (χ3v) is 6.06. The number of carbonyl (C=O) groups excluding carboxylic acids is 1. The largest absolute Gasteiger partial charge is 0.573 e. The molecule has 0 saturated heterocycles. The number of halogens is 6. The molecule has 0 saturated carbocycles. The summed E-state index contributed by atoms with van der Waals surface area (Å²) in [7, 11) is -4.15. The number of amides is 1. The number of nitrogens with one attached hydrogen (secondary N) is 1. The fraction of sp³-hybridized carbons (Fsp3) is 0.316.